The van der Waals surface area contributed by atoms with Gasteiger partial charge in [-0.1, -0.05) is 22.0 Å². The van der Waals surface area contributed by atoms with Crippen molar-refractivity contribution in [1.82, 2.24) is 4.98 Å². The Morgan fingerprint density at radius 1 is 1.50 bits per heavy atom. The number of aliphatic carboxylic acids is 1. The lowest BCUT2D eigenvalue weighted by Crippen LogP contribution is -2.32. The molecule has 1 aromatic carbocycles. The maximum atomic E-state index is 10.6. The van der Waals surface area contributed by atoms with E-state index >= 15 is 0 Å². The number of hydrogen-bond donors (Lipinski definition) is 3. The number of H-pyrrole nitrogens is 1. The molecular weight excluding hydrogens is 272 g/mol. The van der Waals surface area contributed by atoms with Crippen LogP contribution < -0.4 is 5.73 Å². The first-order valence-electron chi connectivity index (χ1n) is 4.82. The highest BCUT2D eigenvalue weighted by atomic mass is 79.9. The van der Waals surface area contributed by atoms with E-state index in [9.17, 15) is 4.79 Å². The fraction of sp³-hybridized carbons (Fsp3) is 0.182. The Bertz CT molecular complexity index is 536. The van der Waals surface area contributed by atoms with Crippen LogP contribution in [0, 0.1) is 0 Å². The molecule has 0 saturated carbocycles. The summed E-state index contributed by atoms with van der Waals surface area (Å²) in [5, 5.41) is 9.77. The molecule has 2 aromatic rings. The van der Waals surface area contributed by atoms with Gasteiger partial charge >= 0.3 is 5.97 Å². The monoisotopic (exact) mass is 282 g/mol. The summed E-state index contributed by atoms with van der Waals surface area (Å²) < 4.78 is 0.982. The molecule has 0 aliphatic rings. The Kier molecular flexibility index (Phi) is 2.98. The van der Waals surface area contributed by atoms with Crippen LogP contribution in [0.3, 0.4) is 0 Å². The van der Waals surface area contributed by atoms with Crippen molar-refractivity contribution in [3.8, 4) is 0 Å². The molecular formula is C11H11BrN2O2. The number of benzene rings is 1. The molecule has 0 amide bonds. The number of carboxylic acids is 1. The van der Waals surface area contributed by atoms with Gasteiger partial charge in [-0.2, -0.15) is 0 Å². The molecule has 84 valence electrons. The average molecular weight is 283 g/mol. The van der Waals surface area contributed by atoms with E-state index in [4.69, 9.17) is 10.8 Å². The van der Waals surface area contributed by atoms with Crippen LogP contribution in [0.2, 0.25) is 0 Å². The Morgan fingerprint density at radius 2 is 2.25 bits per heavy atom. The summed E-state index contributed by atoms with van der Waals surface area (Å²) in [7, 11) is 0. The first-order valence-corrected chi connectivity index (χ1v) is 5.61. The summed E-state index contributed by atoms with van der Waals surface area (Å²) in [6.45, 7) is 0. The third kappa shape index (κ3) is 2.25. The lowest BCUT2D eigenvalue weighted by atomic mass is 10.1. The number of aromatic amines is 1. The van der Waals surface area contributed by atoms with Gasteiger partial charge in [0.25, 0.3) is 0 Å². The predicted molar refractivity (Wildman–Crippen MR) is 65.3 cm³/mol. The number of carboxylic acid groups (broad SMARTS) is 1. The van der Waals surface area contributed by atoms with Gasteiger partial charge in [-0.15, -0.1) is 0 Å². The van der Waals surface area contributed by atoms with Crippen LogP contribution >= 0.6 is 15.9 Å². The summed E-state index contributed by atoms with van der Waals surface area (Å²) in [5.41, 5.74) is 7.28. The van der Waals surface area contributed by atoms with Crippen molar-refractivity contribution >= 4 is 32.8 Å². The maximum absolute atomic E-state index is 10.6. The first-order chi connectivity index (χ1) is 7.56. The second kappa shape index (κ2) is 4.27. The van der Waals surface area contributed by atoms with Crippen molar-refractivity contribution < 1.29 is 9.90 Å². The molecule has 0 saturated heterocycles. The molecule has 4 nitrogen and oxygen atoms in total. The van der Waals surface area contributed by atoms with E-state index in [1.165, 1.54) is 0 Å². The molecule has 1 atom stereocenters. The van der Waals surface area contributed by atoms with E-state index in [0.717, 1.165) is 21.1 Å². The smallest absolute Gasteiger partial charge is 0.320 e. The topological polar surface area (TPSA) is 79.1 Å². The number of aromatic nitrogens is 1. The van der Waals surface area contributed by atoms with Crippen LogP contribution in [0.4, 0.5) is 0 Å². The normalized spacial score (nSPS) is 12.9. The minimum atomic E-state index is -0.986. The van der Waals surface area contributed by atoms with Gasteiger partial charge in [-0.05, 0) is 23.6 Å². The summed E-state index contributed by atoms with van der Waals surface area (Å²) >= 11 is 3.38. The van der Waals surface area contributed by atoms with E-state index in [-0.39, 0.29) is 0 Å². The van der Waals surface area contributed by atoms with Crippen molar-refractivity contribution in [2.24, 2.45) is 5.73 Å². The van der Waals surface area contributed by atoms with Gasteiger partial charge in [0.05, 0.1) is 0 Å². The standard InChI is InChI=1S/C11H11BrN2O2/c12-7-2-1-6-3-8(14-10(6)4-7)5-9(13)11(15)16/h1-4,9,14H,5,13H2,(H,15,16)/t9-/m0/s1. The lowest BCUT2D eigenvalue weighted by molar-refractivity contribution is -0.138. The summed E-state index contributed by atoms with van der Waals surface area (Å²) in [6.07, 6.45) is 0.307. The highest BCUT2D eigenvalue weighted by Crippen LogP contribution is 2.20. The molecule has 1 heterocycles. The van der Waals surface area contributed by atoms with Crippen LogP contribution in [-0.4, -0.2) is 22.1 Å². The zero-order valence-electron chi connectivity index (χ0n) is 8.40. The van der Waals surface area contributed by atoms with Gasteiger partial charge in [-0.25, -0.2) is 0 Å². The zero-order chi connectivity index (χ0) is 11.7. The number of rotatable bonds is 3. The number of hydrogen-bond acceptors (Lipinski definition) is 2. The van der Waals surface area contributed by atoms with Gasteiger partial charge in [-0.3, -0.25) is 4.79 Å². The Labute approximate surface area is 101 Å². The molecule has 2 rings (SSSR count). The van der Waals surface area contributed by atoms with Crippen LogP contribution in [0.25, 0.3) is 10.9 Å². The summed E-state index contributed by atoms with van der Waals surface area (Å²) in [6, 6.07) is 6.91. The molecule has 0 spiro atoms. The van der Waals surface area contributed by atoms with Gasteiger partial charge in [0.1, 0.15) is 6.04 Å². The maximum Gasteiger partial charge on any atom is 0.320 e. The molecule has 0 unspecified atom stereocenters. The van der Waals surface area contributed by atoms with E-state index in [1.54, 1.807) is 0 Å². The number of nitrogens with one attached hydrogen (secondary N) is 1. The third-order valence-corrected chi connectivity index (χ3v) is 2.89. The SMILES string of the molecule is N[C@@H](Cc1cc2ccc(Br)cc2[nH]1)C(=O)O. The van der Waals surface area contributed by atoms with Gasteiger partial charge in [0.2, 0.25) is 0 Å². The van der Waals surface area contributed by atoms with Crippen molar-refractivity contribution in [1.29, 1.82) is 0 Å². The van der Waals surface area contributed by atoms with E-state index in [2.05, 4.69) is 20.9 Å². The molecule has 0 radical (unpaired) electrons. The summed E-state index contributed by atoms with van der Waals surface area (Å²) in [4.78, 5) is 13.8. The van der Waals surface area contributed by atoms with Gasteiger partial charge in [0.15, 0.2) is 0 Å². The van der Waals surface area contributed by atoms with Crippen LogP contribution in [-0.2, 0) is 11.2 Å². The Morgan fingerprint density at radius 3 is 2.94 bits per heavy atom. The van der Waals surface area contributed by atoms with Crippen LogP contribution in [0.5, 0.6) is 0 Å². The molecule has 0 aliphatic heterocycles. The van der Waals surface area contributed by atoms with E-state index in [0.29, 0.717) is 6.42 Å². The first kappa shape index (κ1) is 11.2. The highest BCUT2D eigenvalue weighted by molar-refractivity contribution is 9.10. The molecule has 0 bridgehead atoms. The highest BCUT2D eigenvalue weighted by Gasteiger charge is 2.13. The molecule has 1 aromatic heterocycles. The van der Waals surface area contributed by atoms with Crippen molar-refractivity contribution in [3.05, 3.63) is 34.4 Å². The number of carbonyl (C=O) groups is 1. The Balaban J connectivity index is 2.29. The van der Waals surface area contributed by atoms with Crippen LogP contribution in [0.15, 0.2) is 28.7 Å². The second-order valence-corrected chi connectivity index (χ2v) is 4.59. The van der Waals surface area contributed by atoms with Crippen molar-refractivity contribution in [3.63, 3.8) is 0 Å². The fourth-order valence-electron chi connectivity index (χ4n) is 1.59. The fourth-order valence-corrected chi connectivity index (χ4v) is 1.95. The van der Waals surface area contributed by atoms with Gasteiger partial charge < -0.3 is 15.8 Å². The molecule has 0 aliphatic carbocycles. The molecule has 4 N–H and O–H groups in total. The quantitative estimate of drug-likeness (QED) is 0.804. The minimum absolute atomic E-state index is 0.307. The number of nitrogens with two attached hydrogens (primary N) is 1. The van der Waals surface area contributed by atoms with Crippen molar-refractivity contribution in [2.75, 3.05) is 0 Å². The average Bonchev–Trinajstić information content (AvgIpc) is 2.58. The molecule has 0 fully saturated rings. The van der Waals surface area contributed by atoms with Gasteiger partial charge in [0, 0.05) is 22.1 Å². The molecule has 5 heteroatoms. The van der Waals surface area contributed by atoms with E-state index in [1.807, 2.05) is 24.3 Å². The number of fused-ring (bicyclic) bond motifs is 1. The zero-order valence-corrected chi connectivity index (χ0v) is 9.99. The number of halogens is 1. The largest absolute Gasteiger partial charge is 0.480 e. The predicted octanol–water partition coefficient (Wildman–Crippen LogP) is 1.88. The van der Waals surface area contributed by atoms with Crippen molar-refractivity contribution in [2.45, 2.75) is 12.5 Å². The van der Waals surface area contributed by atoms with E-state index < -0.39 is 12.0 Å². The second-order valence-electron chi connectivity index (χ2n) is 3.68. The summed E-state index contributed by atoms with van der Waals surface area (Å²) in [5.74, 6) is -0.986. The third-order valence-electron chi connectivity index (χ3n) is 2.40. The molecule has 16 heavy (non-hydrogen) atoms. The Hall–Kier alpha value is -1.33. The lowest BCUT2D eigenvalue weighted by Gasteiger charge is -2.02. The van der Waals surface area contributed by atoms with Crippen LogP contribution in [0.1, 0.15) is 5.69 Å². The minimum Gasteiger partial charge on any atom is -0.480 e.